The van der Waals surface area contributed by atoms with Crippen molar-refractivity contribution < 1.29 is 9.18 Å². The normalized spacial score (nSPS) is 23.7. The van der Waals surface area contributed by atoms with Crippen LogP contribution in [0.2, 0.25) is 0 Å². The third-order valence-corrected chi connectivity index (χ3v) is 6.05. The Labute approximate surface area is 160 Å². The lowest BCUT2D eigenvalue weighted by atomic mass is 9.86. The van der Waals surface area contributed by atoms with Crippen LogP contribution in [0.4, 0.5) is 4.39 Å². The van der Waals surface area contributed by atoms with Crippen LogP contribution in [0.3, 0.4) is 0 Å². The van der Waals surface area contributed by atoms with Gasteiger partial charge in [0.1, 0.15) is 5.82 Å². The van der Waals surface area contributed by atoms with Crippen molar-refractivity contribution in [2.75, 3.05) is 32.7 Å². The number of ketones is 1. The number of Topliss-reactive ketones (excluding diaryl/α,β-unsaturated/α-hetero) is 1. The fourth-order valence-corrected chi connectivity index (χ4v) is 4.44. The van der Waals surface area contributed by atoms with Crippen LogP contribution >= 0.6 is 0 Å². The molecule has 0 spiro atoms. The van der Waals surface area contributed by atoms with E-state index in [1.165, 1.54) is 17.7 Å². The third kappa shape index (κ3) is 4.45. The Bertz CT molecular complexity index is 762. The molecule has 2 aliphatic heterocycles. The molecule has 3 nitrogen and oxygen atoms in total. The van der Waals surface area contributed by atoms with E-state index < -0.39 is 0 Å². The minimum Gasteiger partial charge on any atom is -0.300 e. The van der Waals surface area contributed by atoms with Gasteiger partial charge in [0.25, 0.3) is 0 Å². The topological polar surface area (TPSA) is 23.6 Å². The lowest BCUT2D eigenvalue weighted by molar-refractivity contribution is 0.0280. The first kappa shape index (κ1) is 18.3. The first-order valence-electron chi connectivity index (χ1n) is 9.99. The van der Waals surface area contributed by atoms with Gasteiger partial charge in [-0.15, -0.1) is 0 Å². The fourth-order valence-electron chi connectivity index (χ4n) is 4.44. The smallest absolute Gasteiger partial charge is 0.167 e. The van der Waals surface area contributed by atoms with Gasteiger partial charge in [-0.2, -0.15) is 0 Å². The van der Waals surface area contributed by atoms with Gasteiger partial charge in [0, 0.05) is 50.2 Å². The average Bonchev–Trinajstić information content (AvgIpc) is 2.72. The summed E-state index contributed by atoms with van der Waals surface area (Å²) in [6.07, 6.45) is 3.10. The van der Waals surface area contributed by atoms with E-state index in [1.54, 1.807) is 12.1 Å². The maximum Gasteiger partial charge on any atom is 0.167 e. The number of rotatable bonds is 5. The molecule has 2 aliphatic rings. The predicted molar refractivity (Wildman–Crippen MR) is 105 cm³/mol. The van der Waals surface area contributed by atoms with Gasteiger partial charge < -0.3 is 4.90 Å². The summed E-state index contributed by atoms with van der Waals surface area (Å²) in [6, 6.07) is 17.2. The van der Waals surface area contributed by atoms with Crippen LogP contribution in [0, 0.1) is 11.7 Å². The quantitative estimate of drug-likeness (QED) is 0.755. The zero-order valence-corrected chi connectivity index (χ0v) is 15.7. The summed E-state index contributed by atoms with van der Waals surface area (Å²) in [5.41, 5.74) is 2.04. The number of hydrogen-bond donors (Lipinski definition) is 0. The van der Waals surface area contributed by atoms with Gasteiger partial charge in [-0.05, 0) is 49.1 Å². The molecule has 0 amide bonds. The highest BCUT2D eigenvalue weighted by molar-refractivity contribution is 5.98. The van der Waals surface area contributed by atoms with Gasteiger partial charge in [-0.25, -0.2) is 4.39 Å². The molecule has 2 heterocycles. The van der Waals surface area contributed by atoms with E-state index in [1.807, 2.05) is 0 Å². The van der Waals surface area contributed by atoms with Crippen LogP contribution in [0.1, 0.15) is 28.8 Å². The van der Waals surface area contributed by atoms with Crippen LogP contribution in [0.15, 0.2) is 54.6 Å². The molecule has 0 aromatic heterocycles. The number of fused-ring (bicyclic) bond motifs is 1. The fraction of sp³-hybridized carbons (Fsp3) is 0.435. The lowest BCUT2D eigenvalue weighted by Crippen LogP contribution is -2.57. The Morgan fingerprint density at radius 3 is 2.52 bits per heavy atom. The van der Waals surface area contributed by atoms with E-state index in [0.29, 0.717) is 11.6 Å². The van der Waals surface area contributed by atoms with Gasteiger partial charge >= 0.3 is 0 Å². The minimum atomic E-state index is -0.290. The molecule has 2 atom stereocenters. The molecule has 4 heteroatoms. The number of piperidine rings is 1. The van der Waals surface area contributed by atoms with Gasteiger partial charge in [-0.3, -0.25) is 9.69 Å². The van der Waals surface area contributed by atoms with Gasteiger partial charge in [0.15, 0.2) is 5.78 Å². The van der Waals surface area contributed by atoms with Crippen molar-refractivity contribution in [3.63, 3.8) is 0 Å². The molecular formula is C23H27FN2O. The summed E-state index contributed by atoms with van der Waals surface area (Å²) in [5, 5.41) is 0. The highest BCUT2D eigenvalue weighted by Gasteiger charge is 2.35. The van der Waals surface area contributed by atoms with Crippen molar-refractivity contribution in [1.29, 1.82) is 0 Å². The summed E-state index contributed by atoms with van der Waals surface area (Å²) < 4.78 is 13.1. The van der Waals surface area contributed by atoms with E-state index in [4.69, 9.17) is 0 Å². The summed E-state index contributed by atoms with van der Waals surface area (Å²) >= 11 is 0. The van der Waals surface area contributed by atoms with Crippen LogP contribution in [-0.4, -0.2) is 54.3 Å². The molecule has 0 saturated carbocycles. The highest BCUT2D eigenvalue weighted by atomic mass is 19.1. The summed E-state index contributed by atoms with van der Waals surface area (Å²) in [4.78, 5) is 17.8. The molecule has 2 aromatic rings. The van der Waals surface area contributed by atoms with Crippen molar-refractivity contribution >= 4 is 5.78 Å². The van der Waals surface area contributed by atoms with Crippen LogP contribution < -0.4 is 0 Å². The minimum absolute atomic E-state index is 0.0441. The second-order valence-electron chi connectivity index (χ2n) is 7.83. The SMILES string of the molecule is O=C(c1ccc(F)cc1)[C@@H]1CC[C@@H]2CN(CCc3ccccc3)CCN2C1. The molecule has 4 rings (SSSR count). The molecular weight excluding hydrogens is 339 g/mol. The van der Waals surface area contributed by atoms with Crippen LogP contribution in [0.25, 0.3) is 0 Å². The average molecular weight is 366 g/mol. The molecule has 0 aliphatic carbocycles. The van der Waals surface area contributed by atoms with Crippen molar-refractivity contribution in [3.05, 3.63) is 71.5 Å². The monoisotopic (exact) mass is 366 g/mol. The molecule has 0 radical (unpaired) electrons. The van der Waals surface area contributed by atoms with Crippen molar-refractivity contribution in [2.24, 2.45) is 5.92 Å². The molecule has 27 heavy (non-hydrogen) atoms. The Kier molecular flexibility index (Phi) is 5.65. The van der Waals surface area contributed by atoms with Crippen molar-refractivity contribution in [2.45, 2.75) is 25.3 Å². The van der Waals surface area contributed by atoms with Gasteiger partial charge in [0.05, 0.1) is 0 Å². The Morgan fingerprint density at radius 1 is 0.963 bits per heavy atom. The molecule has 2 aromatic carbocycles. The Morgan fingerprint density at radius 2 is 1.74 bits per heavy atom. The molecule has 0 bridgehead atoms. The van der Waals surface area contributed by atoms with E-state index in [2.05, 4.69) is 40.1 Å². The molecule has 142 valence electrons. The number of nitrogens with zero attached hydrogens (tertiary/aromatic N) is 2. The predicted octanol–water partition coefficient (Wildman–Crippen LogP) is 3.65. The van der Waals surface area contributed by atoms with E-state index >= 15 is 0 Å². The summed E-state index contributed by atoms with van der Waals surface area (Å²) in [6.45, 7) is 5.15. The molecule has 0 N–H and O–H groups in total. The highest BCUT2D eigenvalue weighted by Crippen LogP contribution is 2.27. The van der Waals surface area contributed by atoms with Gasteiger partial charge in [0.2, 0.25) is 0 Å². The van der Waals surface area contributed by atoms with Crippen molar-refractivity contribution in [3.8, 4) is 0 Å². The second kappa shape index (κ2) is 8.32. The van der Waals surface area contributed by atoms with Gasteiger partial charge in [-0.1, -0.05) is 30.3 Å². The van der Waals surface area contributed by atoms with E-state index in [9.17, 15) is 9.18 Å². The molecule has 2 saturated heterocycles. The number of hydrogen-bond acceptors (Lipinski definition) is 3. The van der Waals surface area contributed by atoms with Crippen molar-refractivity contribution in [1.82, 2.24) is 9.80 Å². The number of piperazine rings is 1. The summed E-state index contributed by atoms with van der Waals surface area (Å²) in [5.74, 6) is -0.0792. The largest absolute Gasteiger partial charge is 0.300 e. The molecule has 0 unspecified atom stereocenters. The van der Waals surface area contributed by atoms with E-state index in [-0.39, 0.29) is 17.5 Å². The maximum absolute atomic E-state index is 13.1. The first-order chi connectivity index (χ1) is 13.2. The molecule has 2 fully saturated rings. The van der Waals surface area contributed by atoms with Crippen LogP contribution in [0.5, 0.6) is 0 Å². The number of carbonyl (C=O) groups excluding carboxylic acids is 1. The number of halogens is 1. The van der Waals surface area contributed by atoms with Crippen LogP contribution in [-0.2, 0) is 6.42 Å². The zero-order valence-electron chi connectivity index (χ0n) is 15.7. The summed E-state index contributed by atoms with van der Waals surface area (Å²) in [7, 11) is 0. The standard InChI is InChI=1S/C23H27FN2O/c24-21-9-6-19(7-10-21)23(27)20-8-11-22-17-25(14-15-26(22)16-20)13-12-18-4-2-1-3-5-18/h1-7,9-10,20,22H,8,11-17H2/t20-,22-/m1/s1. The number of carbonyl (C=O) groups is 1. The lowest BCUT2D eigenvalue weighted by Gasteiger charge is -2.46. The Hall–Kier alpha value is -2.04. The first-order valence-corrected chi connectivity index (χ1v) is 9.99. The zero-order chi connectivity index (χ0) is 18.6. The van der Waals surface area contributed by atoms with E-state index in [0.717, 1.165) is 52.0 Å². The second-order valence-corrected chi connectivity index (χ2v) is 7.83. The third-order valence-electron chi connectivity index (χ3n) is 6.05. The Balaban J connectivity index is 1.29. The number of benzene rings is 2. The maximum atomic E-state index is 13.1.